The summed E-state index contributed by atoms with van der Waals surface area (Å²) in [6, 6.07) is 4.07. The number of piperazine rings is 1. The Morgan fingerprint density at radius 2 is 1.73 bits per heavy atom. The van der Waals surface area contributed by atoms with E-state index in [4.69, 9.17) is 0 Å². The van der Waals surface area contributed by atoms with E-state index in [1.54, 1.807) is 0 Å². The zero-order valence-corrected chi connectivity index (χ0v) is 15.4. The fourth-order valence-corrected chi connectivity index (χ4v) is 6.81. The highest BCUT2D eigenvalue weighted by atomic mass is 16.3. The van der Waals surface area contributed by atoms with Crippen LogP contribution in [0.5, 0.6) is 0 Å². The van der Waals surface area contributed by atoms with Crippen LogP contribution < -0.4 is 4.90 Å². The Bertz CT molecular complexity index is 670. The van der Waals surface area contributed by atoms with Crippen molar-refractivity contribution in [3.8, 4) is 0 Å². The van der Waals surface area contributed by atoms with Crippen LogP contribution in [-0.2, 0) is 4.79 Å². The van der Waals surface area contributed by atoms with Crippen molar-refractivity contribution in [2.75, 3.05) is 31.1 Å². The molecule has 4 saturated carbocycles. The van der Waals surface area contributed by atoms with E-state index in [2.05, 4.69) is 14.8 Å². The van der Waals surface area contributed by atoms with Gasteiger partial charge in [-0.3, -0.25) is 9.78 Å². The summed E-state index contributed by atoms with van der Waals surface area (Å²) in [6.45, 7) is 3.37. The van der Waals surface area contributed by atoms with Crippen LogP contribution in [0.4, 0.5) is 5.69 Å². The molecule has 6 rings (SSSR count). The number of rotatable bonds is 3. The lowest BCUT2D eigenvalue weighted by atomic mass is 9.47. The summed E-state index contributed by atoms with van der Waals surface area (Å²) in [5.74, 6) is 1.61. The Morgan fingerprint density at radius 3 is 2.35 bits per heavy atom. The van der Waals surface area contributed by atoms with E-state index in [1.165, 1.54) is 12.1 Å². The Hall–Kier alpha value is -1.62. The highest BCUT2D eigenvalue weighted by Crippen LogP contribution is 2.62. The molecule has 4 bridgehead atoms. The van der Waals surface area contributed by atoms with Gasteiger partial charge in [0.25, 0.3) is 0 Å². The molecule has 0 radical (unpaired) electrons. The summed E-state index contributed by atoms with van der Waals surface area (Å²) in [5.41, 5.74) is 0.804. The van der Waals surface area contributed by atoms with Crippen molar-refractivity contribution >= 4 is 11.6 Å². The normalized spacial score (nSPS) is 38.7. The van der Waals surface area contributed by atoms with Crippen LogP contribution in [-0.4, -0.2) is 52.7 Å². The van der Waals surface area contributed by atoms with Crippen LogP contribution in [0.1, 0.15) is 44.9 Å². The molecular weight excluding hydrogens is 326 g/mol. The number of carbonyl (C=O) groups excluding carboxylic acids is 1. The van der Waals surface area contributed by atoms with Crippen molar-refractivity contribution in [1.29, 1.82) is 0 Å². The Labute approximate surface area is 155 Å². The first-order chi connectivity index (χ1) is 12.5. The molecule has 1 aromatic heterocycles. The molecule has 1 aromatic rings. The average molecular weight is 355 g/mol. The van der Waals surface area contributed by atoms with Gasteiger partial charge in [-0.25, -0.2) is 0 Å². The molecule has 26 heavy (non-hydrogen) atoms. The molecule has 1 aliphatic heterocycles. The minimum atomic E-state index is -0.468. The number of aliphatic hydroxyl groups is 1. The van der Waals surface area contributed by atoms with Gasteiger partial charge in [-0.1, -0.05) is 0 Å². The van der Waals surface area contributed by atoms with Crippen molar-refractivity contribution in [3.05, 3.63) is 24.5 Å². The number of aromatic nitrogens is 1. The highest BCUT2D eigenvalue weighted by Gasteiger charge is 2.57. The van der Waals surface area contributed by atoms with Gasteiger partial charge in [0, 0.05) is 50.7 Å². The van der Waals surface area contributed by atoms with Gasteiger partial charge in [0.15, 0.2) is 0 Å². The first kappa shape index (κ1) is 16.5. The van der Waals surface area contributed by atoms with Gasteiger partial charge < -0.3 is 14.9 Å². The first-order valence-corrected chi connectivity index (χ1v) is 10.2. The molecule has 2 unspecified atom stereocenters. The van der Waals surface area contributed by atoms with Gasteiger partial charge in [-0.2, -0.15) is 0 Å². The molecule has 4 aliphatic carbocycles. The van der Waals surface area contributed by atoms with Crippen molar-refractivity contribution in [2.24, 2.45) is 17.3 Å². The minimum Gasteiger partial charge on any atom is -0.390 e. The molecule has 140 valence electrons. The molecule has 0 aromatic carbocycles. The summed E-state index contributed by atoms with van der Waals surface area (Å²) in [6.07, 6.45) is 10.7. The molecule has 0 spiro atoms. The number of amides is 1. The van der Waals surface area contributed by atoms with E-state index in [-0.39, 0.29) is 5.41 Å². The Morgan fingerprint density at radius 1 is 1.08 bits per heavy atom. The third kappa shape index (κ3) is 2.90. The van der Waals surface area contributed by atoms with Crippen molar-refractivity contribution in [2.45, 2.75) is 50.5 Å². The van der Waals surface area contributed by atoms with Crippen molar-refractivity contribution in [1.82, 2.24) is 9.88 Å². The average Bonchev–Trinajstić information content (AvgIpc) is 2.60. The first-order valence-electron chi connectivity index (χ1n) is 10.2. The second kappa shape index (κ2) is 5.95. The van der Waals surface area contributed by atoms with E-state index in [0.29, 0.717) is 24.2 Å². The lowest BCUT2D eigenvalue weighted by Crippen LogP contribution is -2.57. The fourth-order valence-electron chi connectivity index (χ4n) is 6.81. The summed E-state index contributed by atoms with van der Waals surface area (Å²) < 4.78 is 0. The van der Waals surface area contributed by atoms with Crippen LogP contribution >= 0.6 is 0 Å². The summed E-state index contributed by atoms with van der Waals surface area (Å²) >= 11 is 0. The highest BCUT2D eigenvalue weighted by molar-refractivity contribution is 5.77. The van der Waals surface area contributed by atoms with Crippen molar-refractivity contribution in [3.63, 3.8) is 0 Å². The van der Waals surface area contributed by atoms with Crippen LogP contribution in [0.3, 0.4) is 0 Å². The van der Waals surface area contributed by atoms with Gasteiger partial charge >= 0.3 is 0 Å². The van der Waals surface area contributed by atoms with Crippen LogP contribution in [0.25, 0.3) is 0 Å². The Balaban J connectivity index is 1.22. The predicted octanol–water partition coefficient (Wildman–Crippen LogP) is 2.45. The molecule has 5 heteroatoms. The van der Waals surface area contributed by atoms with Crippen LogP contribution in [0.2, 0.25) is 0 Å². The molecule has 2 heterocycles. The largest absolute Gasteiger partial charge is 0.390 e. The quantitative estimate of drug-likeness (QED) is 0.905. The summed E-state index contributed by atoms with van der Waals surface area (Å²) in [5, 5.41) is 10.9. The van der Waals surface area contributed by atoms with E-state index in [1.807, 2.05) is 24.5 Å². The monoisotopic (exact) mass is 355 g/mol. The summed E-state index contributed by atoms with van der Waals surface area (Å²) in [4.78, 5) is 21.5. The zero-order valence-electron chi connectivity index (χ0n) is 15.4. The lowest BCUT2D eigenvalue weighted by molar-refractivity contribution is -0.172. The van der Waals surface area contributed by atoms with E-state index < -0.39 is 5.60 Å². The standard InChI is InChI=1S/C21H29N3O2/c25-19(24-7-5-23(6-8-24)18-1-3-22-4-2-18)14-20-10-16-9-17(11-20)13-21(26,12-16)15-20/h1-4,16-17,26H,5-15H2/t16-,17+,20?,21?. The number of anilines is 1. The van der Waals surface area contributed by atoms with Crippen molar-refractivity contribution < 1.29 is 9.90 Å². The molecule has 1 amide bonds. The second-order valence-electron chi connectivity index (χ2n) is 9.44. The molecular formula is C21H29N3O2. The number of hydrogen-bond acceptors (Lipinski definition) is 4. The van der Waals surface area contributed by atoms with Crippen LogP contribution in [0, 0.1) is 17.3 Å². The molecule has 1 saturated heterocycles. The maximum Gasteiger partial charge on any atom is 0.223 e. The van der Waals surface area contributed by atoms with Gasteiger partial charge in [0.1, 0.15) is 0 Å². The fraction of sp³-hybridized carbons (Fsp3) is 0.714. The zero-order chi connectivity index (χ0) is 17.8. The van der Waals surface area contributed by atoms with Gasteiger partial charge in [0.2, 0.25) is 5.91 Å². The van der Waals surface area contributed by atoms with Crippen LogP contribution in [0.15, 0.2) is 24.5 Å². The smallest absolute Gasteiger partial charge is 0.223 e. The third-order valence-electron chi connectivity index (χ3n) is 7.34. The molecule has 1 N–H and O–H groups in total. The van der Waals surface area contributed by atoms with Gasteiger partial charge in [-0.05, 0) is 67.9 Å². The third-order valence-corrected chi connectivity index (χ3v) is 7.34. The number of nitrogens with zero attached hydrogens (tertiary/aromatic N) is 3. The SMILES string of the molecule is O=C(CC12C[C@@H]3C[C@@H](CC(O)(C3)C1)C2)N1CCN(c2ccncc2)CC1. The maximum atomic E-state index is 13.0. The van der Waals surface area contributed by atoms with E-state index in [0.717, 1.165) is 58.3 Å². The van der Waals surface area contributed by atoms with E-state index in [9.17, 15) is 9.90 Å². The summed E-state index contributed by atoms with van der Waals surface area (Å²) in [7, 11) is 0. The molecule has 5 fully saturated rings. The predicted molar refractivity (Wildman–Crippen MR) is 99.7 cm³/mol. The molecule has 4 atom stereocenters. The maximum absolute atomic E-state index is 13.0. The Kier molecular flexibility index (Phi) is 3.78. The van der Waals surface area contributed by atoms with Gasteiger partial charge in [-0.15, -0.1) is 0 Å². The van der Waals surface area contributed by atoms with E-state index >= 15 is 0 Å². The molecule has 5 nitrogen and oxygen atoms in total. The number of hydrogen-bond donors (Lipinski definition) is 1. The van der Waals surface area contributed by atoms with Gasteiger partial charge in [0.05, 0.1) is 5.60 Å². The lowest BCUT2D eigenvalue weighted by Gasteiger charge is -2.60. The topological polar surface area (TPSA) is 56.7 Å². The minimum absolute atomic E-state index is 0.0815. The number of carbonyl (C=O) groups is 1. The number of pyridine rings is 1. The second-order valence-corrected chi connectivity index (χ2v) is 9.44. The molecule has 5 aliphatic rings.